The standard InChI is InChI=1S/C52H40N6/c1-29-23-31(3)51(33(5)47(29)39-25-53-27-41-35(39)15-11-21-55-41)57-43-17-9-7-13-37(43)49-45(57)19-20-46-50(49)38-14-8-10-18-44(38)58(46)52-32(4)24-30(2)48(34(52)6)40-26-54-28-42-36(40)16-12-22-56-42/h7-28H,1-6H3. The Kier molecular flexibility index (Phi) is 7.45. The van der Waals surface area contributed by atoms with Crippen molar-refractivity contribution < 1.29 is 0 Å². The molecule has 0 unspecified atom stereocenters. The second-order valence-electron chi connectivity index (χ2n) is 15.8. The summed E-state index contributed by atoms with van der Waals surface area (Å²) in [7, 11) is 0. The molecule has 0 atom stereocenters. The summed E-state index contributed by atoms with van der Waals surface area (Å²) in [6, 6.07) is 35.5. The first-order chi connectivity index (χ1) is 28.3. The molecule has 0 saturated heterocycles. The lowest BCUT2D eigenvalue weighted by molar-refractivity contribution is 1.11. The average molecular weight is 749 g/mol. The Balaban J connectivity index is 1.23. The van der Waals surface area contributed by atoms with E-state index in [0.29, 0.717) is 0 Å². The molecule has 278 valence electrons. The highest BCUT2D eigenvalue weighted by Gasteiger charge is 2.25. The molecule has 0 amide bonds. The molecule has 0 saturated carbocycles. The summed E-state index contributed by atoms with van der Waals surface area (Å²) in [5, 5.41) is 7.19. The van der Waals surface area contributed by atoms with Crippen LogP contribution in [-0.4, -0.2) is 29.1 Å². The molecule has 0 fully saturated rings. The number of rotatable bonds is 4. The zero-order chi connectivity index (χ0) is 39.4. The van der Waals surface area contributed by atoms with E-state index in [-0.39, 0.29) is 0 Å². The fourth-order valence-electron chi connectivity index (χ4n) is 10.3. The number of nitrogens with zero attached hydrogens (tertiary/aromatic N) is 6. The predicted octanol–water partition coefficient (Wildman–Crippen LogP) is 13.0. The molecule has 11 aromatic rings. The predicted molar refractivity (Wildman–Crippen MR) is 241 cm³/mol. The van der Waals surface area contributed by atoms with Crippen LogP contribution in [0, 0.1) is 41.5 Å². The summed E-state index contributed by atoms with van der Waals surface area (Å²) in [6.45, 7) is 13.5. The minimum atomic E-state index is 0.897. The summed E-state index contributed by atoms with van der Waals surface area (Å²) in [4.78, 5) is 18.6. The van der Waals surface area contributed by atoms with Gasteiger partial charge in [0.1, 0.15) is 0 Å². The molecule has 5 aromatic carbocycles. The SMILES string of the molecule is Cc1cc(C)c(-n2c3ccccc3c3c4c5ccccc5n(-c5c(C)cc(C)c(-c6cncc7ncccc67)c5C)c4ccc32)c(C)c1-c1cncc2ncccc12. The van der Waals surface area contributed by atoms with E-state index < -0.39 is 0 Å². The van der Waals surface area contributed by atoms with E-state index in [0.717, 1.165) is 32.9 Å². The molecule has 6 aromatic heterocycles. The third kappa shape index (κ3) is 4.72. The van der Waals surface area contributed by atoms with Crippen molar-refractivity contribution >= 4 is 65.4 Å². The van der Waals surface area contributed by atoms with Crippen molar-refractivity contribution in [2.45, 2.75) is 41.5 Å². The Morgan fingerprint density at radius 3 is 1.26 bits per heavy atom. The van der Waals surface area contributed by atoms with E-state index in [1.807, 2.05) is 49.3 Å². The molecule has 0 radical (unpaired) electrons. The van der Waals surface area contributed by atoms with Crippen LogP contribution in [0.5, 0.6) is 0 Å². The molecule has 0 spiro atoms. The Hall–Kier alpha value is -7.18. The molecule has 0 aliphatic heterocycles. The minimum absolute atomic E-state index is 0.897. The fourth-order valence-corrected chi connectivity index (χ4v) is 10.3. The smallest absolute Gasteiger partial charge is 0.0891 e. The third-order valence-electron chi connectivity index (χ3n) is 12.4. The van der Waals surface area contributed by atoms with Crippen LogP contribution in [-0.2, 0) is 0 Å². The van der Waals surface area contributed by atoms with Gasteiger partial charge in [0.25, 0.3) is 0 Å². The number of hydrogen-bond donors (Lipinski definition) is 0. The van der Waals surface area contributed by atoms with Gasteiger partial charge in [0.15, 0.2) is 0 Å². The molecule has 6 nitrogen and oxygen atoms in total. The van der Waals surface area contributed by atoms with Gasteiger partial charge in [-0.2, -0.15) is 0 Å². The summed E-state index contributed by atoms with van der Waals surface area (Å²) in [6.07, 6.45) is 11.4. The van der Waals surface area contributed by atoms with Crippen molar-refractivity contribution in [2.24, 2.45) is 0 Å². The third-order valence-corrected chi connectivity index (χ3v) is 12.4. The minimum Gasteiger partial charge on any atom is -0.309 e. The molecule has 0 aliphatic rings. The molecule has 6 heterocycles. The van der Waals surface area contributed by atoms with Crippen molar-refractivity contribution in [3.05, 3.63) is 168 Å². The molecular formula is C52H40N6. The molecule has 58 heavy (non-hydrogen) atoms. The number of aryl methyl sites for hydroxylation is 4. The normalized spacial score (nSPS) is 12.0. The summed E-state index contributed by atoms with van der Waals surface area (Å²) < 4.78 is 5.01. The molecule has 0 N–H and O–H groups in total. The van der Waals surface area contributed by atoms with E-state index in [4.69, 9.17) is 0 Å². The highest BCUT2D eigenvalue weighted by molar-refractivity contribution is 6.29. The van der Waals surface area contributed by atoms with Crippen molar-refractivity contribution in [1.82, 2.24) is 29.1 Å². The fraction of sp³-hybridized carbons (Fsp3) is 0.115. The van der Waals surface area contributed by atoms with Gasteiger partial charge in [0, 0.05) is 68.2 Å². The monoisotopic (exact) mass is 748 g/mol. The van der Waals surface area contributed by atoms with Gasteiger partial charge in [0.2, 0.25) is 0 Å². The lowest BCUT2D eigenvalue weighted by atomic mass is 9.91. The van der Waals surface area contributed by atoms with Crippen LogP contribution in [0.2, 0.25) is 0 Å². The van der Waals surface area contributed by atoms with Gasteiger partial charge in [-0.05, 0) is 122 Å². The van der Waals surface area contributed by atoms with Crippen molar-refractivity contribution in [1.29, 1.82) is 0 Å². The first-order valence-electron chi connectivity index (χ1n) is 19.9. The van der Waals surface area contributed by atoms with Crippen LogP contribution >= 0.6 is 0 Å². The number of para-hydroxylation sites is 2. The average Bonchev–Trinajstić information content (AvgIpc) is 3.73. The van der Waals surface area contributed by atoms with Crippen LogP contribution in [0.3, 0.4) is 0 Å². The van der Waals surface area contributed by atoms with E-state index >= 15 is 0 Å². The number of aromatic nitrogens is 6. The second-order valence-corrected chi connectivity index (χ2v) is 15.8. The first-order valence-corrected chi connectivity index (χ1v) is 19.9. The second kappa shape index (κ2) is 12.7. The maximum Gasteiger partial charge on any atom is 0.0891 e. The zero-order valence-electron chi connectivity index (χ0n) is 33.4. The van der Waals surface area contributed by atoms with E-state index in [2.05, 4.69) is 156 Å². The Morgan fingerprint density at radius 2 is 0.810 bits per heavy atom. The summed E-state index contributed by atoms with van der Waals surface area (Å²) in [5.74, 6) is 0. The Bertz CT molecular complexity index is 3290. The van der Waals surface area contributed by atoms with Crippen LogP contribution in [0.15, 0.2) is 134 Å². The van der Waals surface area contributed by atoms with Gasteiger partial charge in [-0.25, -0.2) is 0 Å². The lowest BCUT2D eigenvalue weighted by Gasteiger charge is -2.21. The Morgan fingerprint density at radius 1 is 0.397 bits per heavy atom. The first kappa shape index (κ1) is 34.1. The van der Waals surface area contributed by atoms with E-state index in [1.165, 1.54) is 99.5 Å². The van der Waals surface area contributed by atoms with Gasteiger partial charge in [0.05, 0.1) is 56.9 Å². The van der Waals surface area contributed by atoms with Crippen LogP contribution < -0.4 is 0 Å². The number of hydrogen-bond acceptors (Lipinski definition) is 4. The quantitative estimate of drug-likeness (QED) is 0.180. The van der Waals surface area contributed by atoms with Gasteiger partial charge in [-0.3, -0.25) is 19.9 Å². The van der Waals surface area contributed by atoms with Crippen LogP contribution in [0.25, 0.3) is 99.0 Å². The molecular weight excluding hydrogens is 709 g/mol. The van der Waals surface area contributed by atoms with Gasteiger partial charge in [-0.15, -0.1) is 0 Å². The lowest BCUT2D eigenvalue weighted by Crippen LogP contribution is -2.05. The van der Waals surface area contributed by atoms with E-state index in [1.54, 1.807) is 0 Å². The van der Waals surface area contributed by atoms with Crippen molar-refractivity contribution in [2.75, 3.05) is 0 Å². The molecule has 0 bridgehead atoms. The van der Waals surface area contributed by atoms with Crippen molar-refractivity contribution in [3.8, 4) is 33.6 Å². The van der Waals surface area contributed by atoms with Gasteiger partial charge < -0.3 is 9.13 Å². The van der Waals surface area contributed by atoms with Crippen LogP contribution in [0.1, 0.15) is 33.4 Å². The van der Waals surface area contributed by atoms with Gasteiger partial charge in [-0.1, -0.05) is 60.7 Å². The number of pyridine rings is 4. The van der Waals surface area contributed by atoms with Crippen LogP contribution in [0.4, 0.5) is 0 Å². The topological polar surface area (TPSA) is 61.4 Å². The summed E-state index contributed by atoms with van der Waals surface area (Å²) in [5.41, 5.74) is 20.9. The zero-order valence-corrected chi connectivity index (χ0v) is 33.4. The maximum absolute atomic E-state index is 4.65. The number of fused-ring (bicyclic) bond motifs is 9. The molecule has 11 rings (SSSR count). The highest BCUT2D eigenvalue weighted by atomic mass is 15.0. The maximum atomic E-state index is 4.65. The summed E-state index contributed by atoms with van der Waals surface area (Å²) >= 11 is 0. The highest BCUT2D eigenvalue weighted by Crippen LogP contribution is 2.46. The van der Waals surface area contributed by atoms with Crippen molar-refractivity contribution in [3.63, 3.8) is 0 Å². The Labute approximate surface area is 336 Å². The van der Waals surface area contributed by atoms with E-state index in [9.17, 15) is 0 Å². The largest absolute Gasteiger partial charge is 0.309 e. The molecule has 6 heteroatoms. The molecule has 0 aliphatic carbocycles. The number of benzene rings is 5. The van der Waals surface area contributed by atoms with Gasteiger partial charge >= 0.3 is 0 Å².